The Labute approximate surface area is 133 Å². The van der Waals surface area contributed by atoms with E-state index in [1.165, 1.54) is 12.3 Å². The number of carbonyl (C=O) groups excluding carboxylic acids is 1. The summed E-state index contributed by atoms with van der Waals surface area (Å²) in [4.78, 5) is 30.2. The molecule has 0 unspecified atom stereocenters. The molecule has 2 heterocycles. The summed E-state index contributed by atoms with van der Waals surface area (Å²) in [5.74, 6) is 0.123. The molecule has 0 aliphatic carbocycles. The Morgan fingerprint density at radius 2 is 2.23 bits per heavy atom. The molecule has 0 saturated carbocycles. The number of hydrogen-bond acceptors (Lipinski definition) is 3. The first kappa shape index (κ1) is 16.2. The third kappa shape index (κ3) is 4.18. The van der Waals surface area contributed by atoms with E-state index in [0.29, 0.717) is 11.5 Å². The summed E-state index contributed by atoms with van der Waals surface area (Å²) in [6.45, 7) is 4.18. The van der Waals surface area contributed by atoms with Crippen molar-refractivity contribution in [2.75, 3.05) is 0 Å². The van der Waals surface area contributed by atoms with Crippen molar-refractivity contribution in [3.05, 3.63) is 63.3 Å². The van der Waals surface area contributed by atoms with Gasteiger partial charge in [0.2, 0.25) is 0 Å². The third-order valence-corrected chi connectivity index (χ3v) is 3.50. The SMILES string of the molecule is CC(C)C[C@@H](NC(=O)c1c[nH]c(=O)c(Cl)c1)c1cccnc1. The van der Waals surface area contributed by atoms with Crippen LogP contribution in [-0.4, -0.2) is 15.9 Å². The smallest absolute Gasteiger partial charge is 0.266 e. The average Bonchev–Trinajstić information content (AvgIpc) is 2.49. The summed E-state index contributed by atoms with van der Waals surface area (Å²) in [5.41, 5.74) is 0.853. The Bertz CT molecular complexity index is 698. The van der Waals surface area contributed by atoms with Crippen molar-refractivity contribution in [2.24, 2.45) is 5.92 Å². The second-order valence-electron chi connectivity index (χ2n) is 5.51. The molecule has 0 spiro atoms. The lowest BCUT2D eigenvalue weighted by Crippen LogP contribution is -2.30. The molecule has 0 aromatic carbocycles. The summed E-state index contributed by atoms with van der Waals surface area (Å²) >= 11 is 5.76. The topological polar surface area (TPSA) is 74.8 Å². The van der Waals surface area contributed by atoms with Gasteiger partial charge >= 0.3 is 0 Å². The lowest BCUT2D eigenvalue weighted by atomic mass is 9.98. The van der Waals surface area contributed by atoms with E-state index in [0.717, 1.165) is 12.0 Å². The van der Waals surface area contributed by atoms with Gasteiger partial charge in [0.05, 0.1) is 11.6 Å². The Kier molecular flexibility index (Phi) is 5.33. The van der Waals surface area contributed by atoms with Crippen molar-refractivity contribution in [1.82, 2.24) is 15.3 Å². The molecule has 2 rings (SSSR count). The molecule has 2 N–H and O–H groups in total. The van der Waals surface area contributed by atoms with Crippen molar-refractivity contribution in [3.63, 3.8) is 0 Å². The molecule has 5 nitrogen and oxygen atoms in total. The largest absolute Gasteiger partial charge is 0.345 e. The van der Waals surface area contributed by atoms with Crippen LogP contribution in [0.1, 0.15) is 42.2 Å². The molecule has 116 valence electrons. The maximum atomic E-state index is 12.4. The number of nitrogens with one attached hydrogen (secondary N) is 2. The van der Waals surface area contributed by atoms with Crippen LogP contribution in [0, 0.1) is 5.92 Å². The number of nitrogens with zero attached hydrogens (tertiary/aromatic N) is 1. The van der Waals surface area contributed by atoms with Crippen LogP contribution < -0.4 is 10.9 Å². The third-order valence-electron chi connectivity index (χ3n) is 3.22. The van der Waals surface area contributed by atoms with Crippen LogP contribution in [0.3, 0.4) is 0 Å². The van der Waals surface area contributed by atoms with Crippen LogP contribution in [0.5, 0.6) is 0 Å². The molecular formula is C16H18ClN3O2. The van der Waals surface area contributed by atoms with Crippen LogP contribution in [0.2, 0.25) is 5.02 Å². The molecule has 0 saturated heterocycles. The lowest BCUT2D eigenvalue weighted by molar-refractivity contribution is 0.0931. The fourth-order valence-electron chi connectivity index (χ4n) is 2.16. The monoisotopic (exact) mass is 319 g/mol. The van der Waals surface area contributed by atoms with Gasteiger partial charge in [-0.05, 0) is 30.0 Å². The Morgan fingerprint density at radius 3 is 2.82 bits per heavy atom. The van der Waals surface area contributed by atoms with E-state index >= 15 is 0 Å². The highest BCUT2D eigenvalue weighted by molar-refractivity contribution is 6.30. The van der Waals surface area contributed by atoms with Gasteiger partial charge < -0.3 is 10.3 Å². The first-order chi connectivity index (χ1) is 10.5. The summed E-state index contributed by atoms with van der Waals surface area (Å²) in [6.07, 6.45) is 5.58. The lowest BCUT2D eigenvalue weighted by Gasteiger charge is -2.20. The zero-order valence-corrected chi connectivity index (χ0v) is 13.2. The van der Waals surface area contributed by atoms with E-state index in [4.69, 9.17) is 11.6 Å². The Hall–Kier alpha value is -2.14. The maximum absolute atomic E-state index is 12.4. The van der Waals surface area contributed by atoms with Gasteiger partial charge in [-0.15, -0.1) is 0 Å². The van der Waals surface area contributed by atoms with Crippen LogP contribution in [0.25, 0.3) is 0 Å². The van der Waals surface area contributed by atoms with E-state index in [2.05, 4.69) is 29.1 Å². The predicted octanol–water partition coefficient (Wildman–Crippen LogP) is 2.94. The van der Waals surface area contributed by atoms with E-state index in [9.17, 15) is 9.59 Å². The first-order valence-corrected chi connectivity index (χ1v) is 7.44. The second kappa shape index (κ2) is 7.22. The van der Waals surface area contributed by atoms with E-state index in [-0.39, 0.29) is 17.0 Å². The standard InChI is InChI=1S/C16H18ClN3O2/c1-10(2)6-14(11-4-3-5-18-8-11)20-15(21)12-7-13(17)16(22)19-9-12/h3-5,7-10,14H,6H2,1-2H3,(H,19,22)(H,20,21)/t14-/m1/s1. The molecular weight excluding hydrogens is 302 g/mol. The number of rotatable bonds is 5. The van der Waals surface area contributed by atoms with Gasteiger partial charge in [0, 0.05) is 18.6 Å². The molecule has 1 atom stereocenters. The maximum Gasteiger partial charge on any atom is 0.266 e. The molecule has 2 aromatic rings. The van der Waals surface area contributed by atoms with Gasteiger partial charge in [-0.3, -0.25) is 14.6 Å². The van der Waals surface area contributed by atoms with Crippen molar-refractivity contribution in [3.8, 4) is 0 Å². The summed E-state index contributed by atoms with van der Waals surface area (Å²) < 4.78 is 0. The molecule has 0 radical (unpaired) electrons. The summed E-state index contributed by atoms with van der Waals surface area (Å²) in [5, 5.41) is 2.96. The summed E-state index contributed by atoms with van der Waals surface area (Å²) in [7, 11) is 0. The minimum atomic E-state index is -0.413. The molecule has 2 aromatic heterocycles. The van der Waals surface area contributed by atoms with Gasteiger partial charge in [0.15, 0.2) is 0 Å². The molecule has 1 amide bonds. The number of hydrogen-bond donors (Lipinski definition) is 2. The zero-order valence-electron chi connectivity index (χ0n) is 12.5. The highest BCUT2D eigenvalue weighted by Gasteiger charge is 2.18. The van der Waals surface area contributed by atoms with E-state index in [1.807, 2.05) is 12.1 Å². The van der Waals surface area contributed by atoms with Gasteiger partial charge in [-0.2, -0.15) is 0 Å². The second-order valence-corrected chi connectivity index (χ2v) is 5.91. The van der Waals surface area contributed by atoms with Crippen LogP contribution in [-0.2, 0) is 0 Å². The average molecular weight is 320 g/mol. The number of halogens is 1. The van der Waals surface area contributed by atoms with E-state index in [1.54, 1.807) is 12.4 Å². The molecule has 0 aliphatic rings. The van der Waals surface area contributed by atoms with Crippen molar-refractivity contribution >= 4 is 17.5 Å². The molecule has 22 heavy (non-hydrogen) atoms. The summed E-state index contributed by atoms with van der Waals surface area (Å²) in [6, 6.07) is 4.99. The number of H-pyrrole nitrogens is 1. The minimum absolute atomic E-state index is 0.00515. The number of pyridine rings is 2. The van der Waals surface area contributed by atoms with Crippen LogP contribution in [0.4, 0.5) is 0 Å². The van der Waals surface area contributed by atoms with Crippen molar-refractivity contribution < 1.29 is 4.79 Å². The zero-order chi connectivity index (χ0) is 16.1. The minimum Gasteiger partial charge on any atom is -0.345 e. The van der Waals surface area contributed by atoms with Gasteiger partial charge in [-0.1, -0.05) is 31.5 Å². The fourth-order valence-corrected chi connectivity index (χ4v) is 2.33. The number of aromatic amines is 1. The molecule has 0 bridgehead atoms. The van der Waals surface area contributed by atoms with Crippen molar-refractivity contribution in [1.29, 1.82) is 0 Å². The van der Waals surface area contributed by atoms with E-state index < -0.39 is 5.56 Å². The predicted molar refractivity (Wildman–Crippen MR) is 86.0 cm³/mol. The Morgan fingerprint density at radius 1 is 1.45 bits per heavy atom. The highest BCUT2D eigenvalue weighted by atomic mass is 35.5. The number of aromatic nitrogens is 2. The van der Waals surface area contributed by atoms with Crippen LogP contribution in [0.15, 0.2) is 41.6 Å². The highest BCUT2D eigenvalue weighted by Crippen LogP contribution is 2.21. The molecule has 0 fully saturated rings. The van der Waals surface area contributed by atoms with Gasteiger partial charge in [-0.25, -0.2) is 0 Å². The number of carbonyl (C=O) groups is 1. The molecule has 6 heteroatoms. The number of amides is 1. The molecule has 0 aliphatic heterocycles. The van der Waals surface area contributed by atoms with Gasteiger partial charge in [0.25, 0.3) is 11.5 Å². The first-order valence-electron chi connectivity index (χ1n) is 7.06. The Balaban J connectivity index is 2.21. The van der Waals surface area contributed by atoms with Crippen LogP contribution >= 0.6 is 11.6 Å². The normalized spacial score (nSPS) is 12.2. The van der Waals surface area contributed by atoms with Crippen molar-refractivity contribution in [2.45, 2.75) is 26.3 Å². The quantitative estimate of drug-likeness (QED) is 0.889. The fraction of sp³-hybridized carbons (Fsp3) is 0.312. The van der Waals surface area contributed by atoms with Gasteiger partial charge in [0.1, 0.15) is 5.02 Å².